The Morgan fingerprint density at radius 1 is 0.985 bits per heavy atom. The first-order chi connectivity index (χ1) is 32.6. The van der Waals surface area contributed by atoms with E-state index < -0.39 is 41.0 Å². The Labute approximate surface area is 405 Å². The minimum atomic E-state index is -0.907. The van der Waals surface area contributed by atoms with Gasteiger partial charge < -0.3 is 30.9 Å². The zero-order chi connectivity index (χ0) is 48.1. The Morgan fingerprint density at radius 2 is 1.78 bits per heavy atom. The number of carbonyl (C=O) groups is 5. The number of halogens is 3. The number of benzene rings is 4. The van der Waals surface area contributed by atoms with Gasteiger partial charge in [-0.1, -0.05) is 92.9 Å². The van der Waals surface area contributed by atoms with Gasteiger partial charge in [0, 0.05) is 76.7 Å². The average Bonchev–Trinajstić information content (AvgIpc) is 3.95. The fourth-order valence-corrected chi connectivity index (χ4v) is 11.6. The molecule has 1 unspecified atom stereocenters. The number of piperidine rings is 1. The number of nitrogens with zero attached hydrogens (tertiary/aromatic N) is 1. The maximum Gasteiger partial charge on any atom is 0.255 e. The van der Waals surface area contributed by atoms with E-state index in [0.717, 1.165) is 42.5 Å². The highest BCUT2D eigenvalue weighted by Gasteiger charge is 2.61. The number of fused-ring (bicyclic) bond motifs is 3. The van der Waals surface area contributed by atoms with Crippen LogP contribution in [-0.2, 0) is 26.3 Å². The number of nitrogens with one attached hydrogen (secondary N) is 5. The van der Waals surface area contributed by atoms with Crippen molar-refractivity contribution in [2.75, 3.05) is 24.3 Å². The standard InChI is InChI=1S/C53H55Cl2FN6O6/c1-52(2,3)26-43-53(28-57-40-25-32(54)19-20-36(40)53)45(34-15-9-16-37(55)46(34)56)47(60-43)50(66)59-39-21-18-31(24-42(39)68-4)48(64)58-38-17-6-5-10-30(38)13-7-11-29-12-8-14-33-35(29)27-62(51(33)67)41-22-23-44(63)61-49(41)65/h8-9,12,14-16,18-21,24-25,30,38,41,43,45,47,57,60H,5-6,10,13,17,22-23,26-28H2,1-4H3,(H,58,64)(H,59,66)(H,61,63,65)/t30-,38-,41?,43+,45+,47-,53+/m1/s1. The van der Waals surface area contributed by atoms with Gasteiger partial charge in [-0.25, -0.2) is 4.39 Å². The number of ether oxygens (including phenoxy) is 1. The Hall–Kier alpha value is -5.94. The highest BCUT2D eigenvalue weighted by atomic mass is 35.5. The van der Waals surface area contributed by atoms with Gasteiger partial charge in [-0.05, 0) is 102 Å². The van der Waals surface area contributed by atoms with E-state index in [9.17, 15) is 24.0 Å². The first-order valence-electron chi connectivity index (χ1n) is 23.4. The molecule has 15 heteroatoms. The lowest BCUT2D eigenvalue weighted by Gasteiger charge is -2.39. The molecule has 3 fully saturated rings. The van der Waals surface area contributed by atoms with Gasteiger partial charge in [-0.15, -0.1) is 0 Å². The van der Waals surface area contributed by atoms with E-state index in [-0.39, 0.29) is 71.3 Å². The maximum atomic E-state index is 16.3. The van der Waals surface area contributed by atoms with Crippen molar-refractivity contribution in [3.05, 3.63) is 122 Å². The van der Waals surface area contributed by atoms with E-state index in [0.29, 0.717) is 52.4 Å². The highest BCUT2D eigenvalue weighted by molar-refractivity contribution is 6.31. The van der Waals surface area contributed by atoms with Gasteiger partial charge in [0.25, 0.3) is 11.8 Å². The van der Waals surface area contributed by atoms with Crippen molar-refractivity contribution in [2.24, 2.45) is 11.3 Å². The summed E-state index contributed by atoms with van der Waals surface area (Å²) < 4.78 is 22.1. The molecular weight excluding hydrogens is 907 g/mol. The van der Waals surface area contributed by atoms with Crippen molar-refractivity contribution >= 4 is 64.1 Å². The van der Waals surface area contributed by atoms with Crippen molar-refractivity contribution in [1.82, 2.24) is 20.9 Å². The van der Waals surface area contributed by atoms with Crippen molar-refractivity contribution in [3.63, 3.8) is 0 Å². The van der Waals surface area contributed by atoms with E-state index in [1.165, 1.54) is 18.1 Å². The smallest absolute Gasteiger partial charge is 0.255 e. The summed E-state index contributed by atoms with van der Waals surface area (Å²) in [6.45, 7) is 7.10. The van der Waals surface area contributed by atoms with Gasteiger partial charge in [0.2, 0.25) is 17.7 Å². The summed E-state index contributed by atoms with van der Waals surface area (Å²) in [5.74, 6) is 4.00. The summed E-state index contributed by atoms with van der Waals surface area (Å²) in [4.78, 5) is 68.0. The van der Waals surface area contributed by atoms with Gasteiger partial charge in [0.15, 0.2) is 0 Å². The summed E-state index contributed by atoms with van der Waals surface area (Å²) in [7, 11) is 1.48. The van der Waals surface area contributed by atoms with Crippen molar-refractivity contribution in [2.45, 2.75) is 114 Å². The molecule has 2 saturated heterocycles. The van der Waals surface area contributed by atoms with Crippen LogP contribution in [0.4, 0.5) is 15.8 Å². The van der Waals surface area contributed by atoms with Gasteiger partial charge in [0.05, 0.1) is 23.9 Å². The first-order valence-corrected chi connectivity index (χ1v) is 24.1. The van der Waals surface area contributed by atoms with Crippen LogP contribution in [0.5, 0.6) is 5.75 Å². The third-order valence-corrected chi connectivity index (χ3v) is 15.0. The summed E-state index contributed by atoms with van der Waals surface area (Å²) >= 11 is 12.9. The van der Waals surface area contributed by atoms with Crippen LogP contribution >= 0.6 is 23.2 Å². The van der Waals surface area contributed by atoms with Crippen LogP contribution in [0.2, 0.25) is 10.0 Å². The number of imide groups is 1. The molecule has 0 radical (unpaired) electrons. The summed E-state index contributed by atoms with van der Waals surface area (Å²) in [6.07, 6.45) is 5.28. The van der Waals surface area contributed by atoms with Gasteiger partial charge in [-0.2, -0.15) is 0 Å². The molecule has 7 atom stereocenters. The average molecular weight is 962 g/mol. The van der Waals surface area contributed by atoms with Crippen molar-refractivity contribution in [1.29, 1.82) is 0 Å². The Morgan fingerprint density at radius 3 is 2.56 bits per heavy atom. The molecule has 5 aliphatic rings. The molecule has 0 aromatic heterocycles. The molecule has 4 aliphatic heterocycles. The predicted molar refractivity (Wildman–Crippen MR) is 259 cm³/mol. The molecule has 5 N–H and O–H groups in total. The fourth-order valence-electron chi connectivity index (χ4n) is 11.3. The SMILES string of the molecule is COc1cc(C(=O)N[C@@H]2CCCC[C@@H]2CC#Cc2cccc3c2CN(C2CCC(=O)NC2=O)C3=O)ccc1NC(=O)[C@@H]1N[C@@H](CC(C)(C)C)[C@@]2(CNc3cc(Cl)ccc32)[C@H]1c1cccc(Cl)c1F. The van der Waals surface area contributed by atoms with Crippen molar-refractivity contribution < 1.29 is 33.1 Å². The van der Waals surface area contributed by atoms with Gasteiger partial charge in [-0.3, -0.25) is 29.3 Å². The third kappa shape index (κ3) is 8.94. The highest BCUT2D eigenvalue weighted by Crippen LogP contribution is 2.57. The second-order valence-electron chi connectivity index (χ2n) is 19.9. The third-order valence-electron chi connectivity index (χ3n) is 14.5. The van der Waals surface area contributed by atoms with E-state index >= 15 is 4.39 Å². The van der Waals surface area contributed by atoms with Crippen LogP contribution < -0.4 is 31.3 Å². The van der Waals surface area contributed by atoms with E-state index in [1.807, 2.05) is 24.3 Å². The zero-order valence-corrected chi connectivity index (χ0v) is 40.0. The molecule has 1 aliphatic carbocycles. The molecule has 0 bridgehead atoms. The number of hydrogen-bond donors (Lipinski definition) is 5. The van der Waals surface area contributed by atoms with Gasteiger partial charge in [0.1, 0.15) is 17.6 Å². The van der Waals surface area contributed by atoms with Crippen LogP contribution in [0.1, 0.15) is 121 Å². The molecule has 9 rings (SSSR count). The molecular formula is C53H55Cl2FN6O6. The van der Waals surface area contributed by atoms with Crippen molar-refractivity contribution in [3.8, 4) is 17.6 Å². The normalized spacial score (nSPS) is 25.2. The number of amides is 5. The zero-order valence-electron chi connectivity index (χ0n) is 38.5. The number of rotatable bonds is 9. The first kappa shape index (κ1) is 47.1. The molecule has 4 heterocycles. The monoisotopic (exact) mass is 960 g/mol. The van der Waals surface area contributed by atoms with Crippen LogP contribution in [-0.4, -0.2) is 72.3 Å². The predicted octanol–water partition coefficient (Wildman–Crippen LogP) is 8.49. The van der Waals surface area contributed by atoms with Crippen LogP contribution in [0.25, 0.3) is 0 Å². The Balaban J connectivity index is 0.917. The molecule has 12 nitrogen and oxygen atoms in total. The number of methoxy groups -OCH3 is 1. The summed E-state index contributed by atoms with van der Waals surface area (Å²) in [5.41, 5.74) is 3.88. The lowest BCUT2D eigenvalue weighted by molar-refractivity contribution is -0.137. The van der Waals surface area contributed by atoms with Gasteiger partial charge >= 0.3 is 0 Å². The second kappa shape index (κ2) is 18.9. The lowest BCUT2D eigenvalue weighted by atomic mass is 9.63. The van der Waals surface area contributed by atoms with E-state index in [1.54, 1.807) is 42.5 Å². The minimum absolute atomic E-state index is 0.0308. The molecule has 1 spiro atoms. The molecule has 354 valence electrons. The van der Waals surface area contributed by atoms with Crippen LogP contribution in [0, 0.1) is 29.0 Å². The van der Waals surface area contributed by atoms with E-state index in [4.69, 9.17) is 27.9 Å². The largest absolute Gasteiger partial charge is 0.495 e. The Kier molecular flexibility index (Phi) is 13.1. The topological polar surface area (TPSA) is 158 Å². The maximum absolute atomic E-state index is 16.3. The quantitative estimate of drug-likeness (QED) is 0.0826. The molecule has 1 saturated carbocycles. The molecule has 4 aromatic carbocycles. The van der Waals surface area contributed by atoms with Crippen LogP contribution in [0.15, 0.2) is 72.8 Å². The number of anilines is 2. The summed E-state index contributed by atoms with van der Waals surface area (Å²) in [6, 6.07) is 18.9. The molecule has 68 heavy (non-hydrogen) atoms. The number of carbonyl (C=O) groups excluding carboxylic acids is 5. The van der Waals surface area contributed by atoms with Crippen LogP contribution in [0.3, 0.4) is 0 Å². The summed E-state index contributed by atoms with van der Waals surface area (Å²) in [5, 5.41) is 16.4. The lowest BCUT2D eigenvalue weighted by Crippen LogP contribution is -2.52. The second-order valence-corrected chi connectivity index (χ2v) is 20.8. The Bertz CT molecular complexity index is 2780. The fraction of sp³-hybridized carbons (Fsp3) is 0.415. The molecule has 5 amide bonds. The molecule has 4 aromatic rings. The minimum Gasteiger partial charge on any atom is -0.495 e. The van der Waals surface area contributed by atoms with E-state index in [2.05, 4.69) is 59.2 Å². The number of hydrogen-bond acceptors (Lipinski definition) is 8.